The Labute approximate surface area is 174 Å². The highest BCUT2D eigenvalue weighted by atomic mass is 19.1. The Morgan fingerprint density at radius 3 is 2.57 bits per heavy atom. The first-order valence-electron chi connectivity index (χ1n) is 10.3. The fraction of sp³-hybridized carbons (Fsp3) is 0.391. The third kappa shape index (κ3) is 5.04. The Morgan fingerprint density at radius 1 is 1.13 bits per heavy atom. The summed E-state index contributed by atoms with van der Waals surface area (Å²) in [6.45, 7) is 2.53. The van der Waals surface area contributed by atoms with Crippen molar-refractivity contribution in [1.82, 2.24) is 15.1 Å². The van der Waals surface area contributed by atoms with Crippen LogP contribution < -0.4 is 10.3 Å². The maximum Gasteiger partial charge on any atom is 0.272 e. The summed E-state index contributed by atoms with van der Waals surface area (Å²) in [6.07, 6.45) is 2.26. The van der Waals surface area contributed by atoms with E-state index in [0.717, 1.165) is 43.4 Å². The number of aromatic amines is 1. The zero-order chi connectivity index (χ0) is 20.9. The number of hydrogen-bond donors (Lipinski definition) is 2. The van der Waals surface area contributed by atoms with Gasteiger partial charge < -0.3 is 14.7 Å². The first kappa shape index (κ1) is 20.5. The van der Waals surface area contributed by atoms with E-state index in [-0.39, 0.29) is 18.0 Å². The molecule has 0 aliphatic carbocycles. The zero-order valence-electron chi connectivity index (χ0n) is 16.8. The lowest BCUT2D eigenvalue weighted by Gasteiger charge is -2.33. The van der Waals surface area contributed by atoms with E-state index in [0.29, 0.717) is 23.6 Å². The van der Waals surface area contributed by atoms with Gasteiger partial charge in [0.1, 0.15) is 24.3 Å². The molecule has 1 atom stereocenters. The van der Waals surface area contributed by atoms with Crippen molar-refractivity contribution < 1.29 is 14.2 Å². The lowest BCUT2D eigenvalue weighted by molar-refractivity contribution is 0.0550. The van der Waals surface area contributed by atoms with Crippen LogP contribution in [0.2, 0.25) is 0 Å². The summed E-state index contributed by atoms with van der Waals surface area (Å²) in [5.74, 6) is 0.737. The number of nitrogens with one attached hydrogen (secondary N) is 1. The molecule has 1 aliphatic heterocycles. The van der Waals surface area contributed by atoms with Crippen LogP contribution in [-0.4, -0.2) is 52.5 Å². The molecule has 3 aromatic rings. The number of hydrogen-bond acceptors (Lipinski definition) is 5. The molecule has 1 aliphatic rings. The van der Waals surface area contributed by atoms with Crippen LogP contribution in [0.4, 0.5) is 4.39 Å². The quantitative estimate of drug-likeness (QED) is 0.625. The highest BCUT2D eigenvalue weighted by Gasteiger charge is 2.22. The first-order chi connectivity index (χ1) is 14.6. The summed E-state index contributed by atoms with van der Waals surface area (Å²) >= 11 is 0. The molecule has 2 N–H and O–H groups in total. The fourth-order valence-electron chi connectivity index (χ4n) is 4.05. The van der Waals surface area contributed by atoms with Crippen LogP contribution in [0.15, 0.2) is 53.3 Å². The molecular formula is C23H26FN3O3. The molecule has 1 saturated heterocycles. The topological polar surface area (TPSA) is 78.5 Å². The third-order valence-electron chi connectivity index (χ3n) is 5.69. The summed E-state index contributed by atoms with van der Waals surface area (Å²) < 4.78 is 18.5. The highest BCUT2D eigenvalue weighted by molar-refractivity contribution is 5.83. The second-order valence-corrected chi connectivity index (χ2v) is 7.91. The molecule has 1 unspecified atom stereocenters. The van der Waals surface area contributed by atoms with Gasteiger partial charge in [-0.05, 0) is 68.6 Å². The molecule has 4 rings (SSSR count). The number of ether oxygens (including phenoxy) is 1. The molecule has 1 aromatic heterocycles. The third-order valence-corrected chi connectivity index (χ3v) is 5.69. The summed E-state index contributed by atoms with van der Waals surface area (Å²) in [4.78, 5) is 14.2. The second kappa shape index (κ2) is 9.36. The molecule has 0 amide bonds. The summed E-state index contributed by atoms with van der Waals surface area (Å²) in [6, 6.07) is 13.4. The van der Waals surface area contributed by atoms with Gasteiger partial charge in [0.2, 0.25) is 0 Å². The Bertz CT molecular complexity index is 1030. The molecule has 7 heteroatoms. The van der Waals surface area contributed by atoms with E-state index in [1.165, 1.54) is 12.1 Å². The monoisotopic (exact) mass is 411 g/mol. The van der Waals surface area contributed by atoms with Gasteiger partial charge in [-0.15, -0.1) is 0 Å². The van der Waals surface area contributed by atoms with Crippen LogP contribution in [0, 0.1) is 11.7 Å². The van der Waals surface area contributed by atoms with Gasteiger partial charge in [0.25, 0.3) is 5.56 Å². The Balaban J connectivity index is 1.25. The smallest absolute Gasteiger partial charge is 0.272 e. The lowest BCUT2D eigenvalue weighted by atomic mass is 9.90. The number of fused-ring (bicyclic) bond motifs is 1. The number of rotatable bonds is 7. The summed E-state index contributed by atoms with van der Waals surface area (Å²) in [7, 11) is 0. The van der Waals surface area contributed by atoms with Gasteiger partial charge >= 0.3 is 0 Å². The summed E-state index contributed by atoms with van der Waals surface area (Å²) in [5.41, 5.74) is 0.789. The van der Waals surface area contributed by atoms with Gasteiger partial charge in [-0.3, -0.25) is 4.79 Å². The van der Waals surface area contributed by atoms with Crippen molar-refractivity contribution in [3.05, 3.63) is 70.4 Å². The number of aliphatic hydroxyl groups is 1. The van der Waals surface area contributed by atoms with Gasteiger partial charge in [0.05, 0.1) is 11.1 Å². The second-order valence-electron chi connectivity index (χ2n) is 7.91. The maximum absolute atomic E-state index is 12.9. The van der Waals surface area contributed by atoms with Crippen LogP contribution in [0.25, 0.3) is 10.8 Å². The number of benzene rings is 2. The standard InChI is InChI=1S/C23H26FN3O3/c24-17-5-7-19(8-6-17)30-15-18(28)14-27-11-9-16(10-12-27)13-22-20-3-1-2-4-21(20)23(29)26-25-22/h1-8,16,18,28H,9-15H2,(H,26,29). The first-order valence-corrected chi connectivity index (χ1v) is 10.3. The molecule has 30 heavy (non-hydrogen) atoms. The zero-order valence-corrected chi connectivity index (χ0v) is 16.8. The SMILES string of the molecule is O=c1[nH]nc(CC2CCN(CC(O)COc3ccc(F)cc3)CC2)c2ccccc12. The molecule has 0 saturated carbocycles. The minimum Gasteiger partial charge on any atom is -0.491 e. The molecule has 2 aromatic carbocycles. The number of piperidine rings is 1. The lowest BCUT2D eigenvalue weighted by Crippen LogP contribution is -2.41. The van der Waals surface area contributed by atoms with Gasteiger partial charge in [-0.25, -0.2) is 9.49 Å². The van der Waals surface area contributed by atoms with Crippen LogP contribution in [0.1, 0.15) is 18.5 Å². The number of aliphatic hydroxyl groups excluding tert-OH is 1. The van der Waals surface area contributed by atoms with Crippen molar-refractivity contribution in [2.75, 3.05) is 26.2 Å². The molecule has 0 radical (unpaired) electrons. The normalized spacial score (nSPS) is 16.6. The van der Waals surface area contributed by atoms with Gasteiger partial charge in [0.15, 0.2) is 0 Å². The molecular weight excluding hydrogens is 385 g/mol. The average molecular weight is 411 g/mol. The van der Waals surface area contributed by atoms with Crippen molar-refractivity contribution in [1.29, 1.82) is 0 Å². The van der Waals surface area contributed by atoms with Crippen molar-refractivity contribution >= 4 is 10.8 Å². The highest BCUT2D eigenvalue weighted by Crippen LogP contribution is 2.24. The minimum atomic E-state index is -0.601. The Kier molecular flexibility index (Phi) is 6.40. The van der Waals surface area contributed by atoms with Crippen molar-refractivity contribution in [3.8, 4) is 5.75 Å². The largest absolute Gasteiger partial charge is 0.491 e. The summed E-state index contributed by atoms with van der Waals surface area (Å²) in [5, 5.41) is 18.8. The van der Waals surface area contributed by atoms with E-state index in [1.54, 1.807) is 12.1 Å². The predicted molar refractivity (Wildman–Crippen MR) is 113 cm³/mol. The van der Waals surface area contributed by atoms with Gasteiger partial charge in [-0.1, -0.05) is 18.2 Å². The molecule has 2 heterocycles. The van der Waals surface area contributed by atoms with Crippen molar-refractivity contribution in [2.24, 2.45) is 5.92 Å². The molecule has 1 fully saturated rings. The number of β-amino-alcohol motifs (C(OH)–C–C–N with tert-alkyl or cyclic N) is 1. The van der Waals surface area contributed by atoms with Gasteiger partial charge in [0, 0.05) is 11.9 Å². The van der Waals surface area contributed by atoms with Crippen molar-refractivity contribution in [3.63, 3.8) is 0 Å². The average Bonchev–Trinajstić information content (AvgIpc) is 2.77. The van der Waals surface area contributed by atoms with E-state index < -0.39 is 6.10 Å². The van der Waals surface area contributed by atoms with E-state index in [9.17, 15) is 14.3 Å². The van der Waals surface area contributed by atoms with Crippen LogP contribution in [-0.2, 0) is 6.42 Å². The maximum atomic E-state index is 12.9. The van der Waals surface area contributed by atoms with E-state index in [4.69, 9.17) is 4.74 Å². The molecule has 0 spiro atoms. The number of likely N-dealkylation sites (tertiary alicyclic amines) is 1. The Hall–Kier alpha value is -2.77. The predicted octanol–water partition coefficient (Wildman–Crippen LogP) is 2.76. The van der Waals surface area contributed by atoms with E-state index in [1.807, 2.05) is 24.3 Å². The van der Waals surface area contributed by atoms with Crippen LogP contribution >= 0.6 is 0 Å². The number of H-pyrrole nitrogens is 1. The number of nitrogens with zero attached hydrogens (tertiary/aromatic N) is 2. The Morgan fingerprint density at radius 2 is 1.83 bits per heavy atom. The van der Waals surface area contributed by atoms with E-state index in [2.05, 4.69) is 15.1 Å². The number of aromatic nitrogens is 2. The van der Waals surface area contributed by atoms with Crippen molar-refractivity contribution in [2.45, 2.75) is 25.4 Å². The molecule has 6 nitrogen and oxygen atoms in total. The minimum absolute atomic E-state index is 0.152. The molecule has 158 valence electrons. The fourth-order valence-corrected chi connectivity index (χ4v) is 4.05. The van der Waals surface area contributed by atoms with Gasteiger partial charge in [-0.2, -0.15) is 5.10 Å². The molecule has 0 bridgehead atoms. The van der Waals surface area contributed by atoms with Crippen LogP contribution in [0.3, 0.4) is 0 Å². The van der Waals surface area contributed by atoms with Crippen LogP contribution in [0.5, 0.6) is 5.75 Å². The number of halogens is 1. The van der Waals surface area contributed by atoms with E-state index >= 15 is 0 Å².